The predicted octanol–water partition coefficient (Wildman–Crippen LogP) is 4.27. The van der Waals surface area contributed by atoms with Crippen molar-refractivity contribution >= 4 is 12.6 Å². The zero-order valence-corrected chi connectivity index (χ0v) is 17.7. The average molecular weight is 366 g/mol. The first-order valence-electron chi connectivity index (χ1n) is 10.0. The number of hydrogen-bond donors (Lipinski definition) is 0. The van der Waals surface area contributed by atoms with E-state index in [0.29, 0.717) is 0 Å². The molecule has 0 radical (unpaired) electrons. The average Bonchev–Trinajstić information content (AvgIpc) is 2.85. The van der Waals surface area contributed by atoms with E-state index in [0.717, 1.165) is 47.5 Å². The van der Waals surface area contributed by atoms with E-state index in [4.69, 9.17) is 19.3 Å². The lowest BCUT2D eigenvalue weighted by atomic mass is 9.78. The van der Waals surface area contributed by atoms with Gasteiger partial charge in [0.2, 0.25) is 0 Å². The largest absolute Gasteiger partial charge is 0.494 e. The molecular formula is C22H31BN2O2. The van der Waals surface area contributed by atoms with Gasteiger partial charge in [0.1, 0.15) is 5.82 Å². The molecule has 0 aliphatic carbocycles. The van der Waals surface area contributed by atoms with Gasteiger partial charge in [0.05, 0.1) is 16.9 Å². The fourth-order valence-corrected chi connectivity index (χ4v) is 3.31. The third-order valence-corrected chi connectivity index (χ3v) is 5.81. The van der Waals surface area contributed by atoms with Gasteiger partial charge in [-0.3, -0.25) is 0 Å². The Morgan fingerprint density at radius 3 is 2.04 bits per heavy atom. The molecule has 0 saturated carbocycles. The molecule has 5 heteroatoms. The monoisotopic (exact) mass is 366 g/mol. The first-order valence-corrected chi connectivity index (χ1v) is 10.0. The first-order chi connectivity index (χ1) is 12.7. The zero-order chi connectivity index (χ0) is 19.8. The molecule has 144 valence electrons. The van der Waals surface area contributed by atoms with Gasteiger partial charge in [-0.05, 0) is 52.1 Å². The summed E-state index contributed by atoms with van der Waals surface area (Å²) in [6.45, 7) is 14.7. The topological polar surface area (TPSA) is 44.2 Å². The van der Waals surface area contributed by atoms with E-state index in [1.165, 1.54) is 5.56 Å². The molecule has 4 nitrogen and oxygen atoms in total. The Balaban J connectivity index is 1.92. The first kappa shape index (κ1) is 20.0. The second-order valence-electron chi connectivity index (χ2n) is 8.37. The Kier molecular flexibility index (Phi) is 5.46. The number of nitrogens with zero attached hydrogens (tertiary/aromatic N) is 2. The molecule has 1 saturated heterocycles. The molecule has 0 N–H and O–H groups in total. The highest BCUT2D eigenvalue weighted by atomic mass is 16.7. The van der Waals surface area contributed by atoms with Crippen molar-refractivity contribution in [2.24, 2.45) is 0 Å². The molecule has 3 rings (SSSR count). The van der Waals surface area contributed by atoms with Gasteiger partial charge < -0.3 is 9.31 Å². The molecule has 2 aromatic rings. The van der Waals surface area contributed by atoms with Crippen molar-refractivity contribution in [1.29, 1.82) is 0 Å². The summed E-state index contributed by atoms with van der Waals surface area (Å²) in [5.41, 5.74) is 4.86. The molecule has 2 heterocycles. The lowest BCUT2D eigenvalue weighted by Gasteiger charge is -2.32. The highest BCUT2D eigenvalue weighted by Crippen LogP contribution is 2.36. The molecule has 1 aliphatic heterocycles. The quantitative estimate of drug-likeness (QED) is 0.742. The number of aryl methyl sites for hydroxylation is 2. The molecule has 0 bridgehead atoms. The predicted molar refractivity (Wildman–Crippen MR) is 111 cm³/mol. The Morgan fingerprint density at radius 2 is 1.52 bits per heavy atom. The fraction of sp³-hybridized carbons (Fsp3) is 0.545. The van der Waals surface area contributed by atoms with Crippen LogP contribution in [-0.2, 0) is 22.2 Å². The Bertz CT molecular complexity index is 800. The van der Waals surface area contributed by atoms with E-state index >= 15 is 0 Å². The maximum absolute atomic E-state index is 6.16. The summed E-state index contributed by atoms with van der Waals surface area (Å²) >= 11 is 0. The second kappa shape index (κ2) is 7.36. The van der Waals surface area contributed by atoms with Gasteiger partial charge in [0, 0.05) is 17.7 Å². The van der Waals surface area contributed by atoms with E-state index in [1.54, 1.807) is 0 Å². The molecule has 0 atom stereocenters. The molecule has 1 aliphatic rings. The van der Waals surface area contributed by atoms with Gasteiger partial charge in [0.15, 0.2) is 0 Å². The van der Waals surface area contributed by atoms with Crippen LogP contribution in [0.2, 0.25) is 0 Å². The summed E-state index contributed by atoms with van der Waals surface area (Å²) < 4.78 is 12.3. The maximum Gasteiger partial charge on any atom is 0.494 e. The van der Waals surface area contributed by atoms with Crippen LogP contribution in [0.3, 0.4) is 0 Å². The molecule has 27 heavy (non-hydrogen) atoms. The van der Waals surface area contributed by atoms with Crippen molar-refractivity contribution in [2.75, 3.05) is 0 Å². The molecule has 0 amide bonds. The second-order valence-corrected chi connectivity index (χ2v) is 8.37. The van der Waals surface area contributed by atoms with Crippen LogP contribution in [0, 0.1) is 6.92 Å². The number of rotatable bonds is 5. The van der Waals surface area contributed by atoms with E-state index in [9.17, 15) is 0 Å². The molecular weight excluding hydrogens is 335 g/mol. The van der Waals surface area contributed by atoms with Crippen molar-refractivity contribution < 1.29 is 9.31 Å². The fourth-order valence-electron chi connectivity index (χ4n) is 3.31. The van der Waals surface area contributed by atoms with Gasteiger partial charge in [-0.2, -0.15) is 0 Å². The van der Waals surface area contributed by atoms with Crippen LogP contribution in [0.1, 0.15) is 65.0 Å². The van der Waals surface area contributed by atoms with Crippen molar-refractivity contribution in [3.05, 3.63) is 41.3 Å². The zero-order valence-electron chi connectivity index (χ0n) is 17.7. The van der Waals surface area contributed by atoms with Crippen LogP contribution in [0.5, 0.6) is 0 Å². The normalized spacial score (nSPS) is 18.1. The van der Waals surface area contributed by atoms with Gasteiger partial charge in [0.25, 0.3) is 0 Å². The van der Waals surface area contributed by atoms with Crippen LogP contribution < -0.4 is 5.46 Å². The standard InChI is InChI=1S/C22H31BN2O2/c1-8-10-18-15(3)20(25-19(9-2)24-18)16-11-13-17(14-12-16)23-26-21(4,5)22(6,7)27-23/h11-14H,8-10H2,1-7H3. The summed E-state index contributed by atoms with van der Waals surface area (Å²) in [7, 11) is -0.336. The van der Waals surface area contributed by atoms with E-state index in [2.05, 4.69) is 72.7 Å². The minimum atomic E-state index is -0.336. The third-order valence-electron chi connectivity index (χ3n) is 5.81. The van der Waals surface area contributed by atoms with Gasteiger partial charge in [-0.1, -0.05) is 44.5 Å². The van der Waals surface area contributed by atoms with Crippen LogP contribution >= 0.6 is 0 Å². The van der Waals surface area contributed by atoms with Crippen LogP contribution in [0.15, 0.2) is 24.3 Å². The summed E-state index contributed by atoms with van der Waals surface area (Å²) in [5, 5.41) is 0. The third kappa shape index (κ3) is 3.81. The van der Waals surface area contributed by atoms with E-state index < -0.39 is 0 Å². The Morgan fingerprint density at radius 1 is 0.926 bits per heavy atom. The van der Waals surface area contributed by atoms with Crippen LogP contribution in [0.4, 0.5) is 0 Å². The van der Waals surface area contributed by atoms with Crippen molar-refractivity contribution in [3.63, 3.8) is 0 Å². The van der Waals surface area contributed by atoms with Gasteiger partial charge >= 0.3 is 7.12 Å². The molecule has 0 spiro atoms. The summed E-state index contributed by atoms with van der Waals surface area (Å²) in [5.74, 6) is 0.911. The molecule has 0 unspecified atom stereocenters. The van der Waals surface area contributed by atoms with Crippen LogP contribution in [0.25, 0.3) is 11.3 Å². The van der Waals surface area contributed by atoms with Crippen molar-refractivity contribution in [2.45, 2.75) is 78.9 Å². The molecule has 1 aromatic heterocycles. The lowest BCUT2D eigenvalue weighted by Crippen LogP contribution is -2.41. The number of hydrogen-bond acceptors (Lipinski definition) is 4. The summed E-state index contributed by atoms with van der Waals surface area (Å²) in [6.07, 6.45) is 2.91. The van der Waals surface area contributed by atoms with Gasteiger partial charge in [-0.15, -0.1) is 0 Å². The van der Waals surface area contributed by atoms with Crippen LogP contribution in [-0.4, -0.2) is 28.3 Å². The lowest BCUT2D eigenvalue weighted by molar-refractivity contribution is 0.00578. The van der Waals surface area contributed by atoms with E-state index in [1.807, 2.05) is 0 Å². The highest BCUT2D eigenvalue weighted by molar-refractivity contribution is 6.62. The Hall–Kier alpha value is -1.72. The van der Waals surface area contributed by atoms with Gasteiger partial charge in [-0.25, -0.2) is 9.97 Å². The Labute approximate surface area is 163 Å². The summed E-state index contributed by atoms with van der Waals surface area (Å²) in [6, 6.07) is 8.41. The van der Waals surface area contributed by atoms with Crippen molar-refractivity contribution in [3.8, 4) is 11.3 Å². The number of benzene rings is 1. The maximum atomic E-state index is 6.16. The summed E-state index contributed by atoms with van der Waals surface area (Å²) in [4.78, 5) is 9.53. The van der Waals surface area contributed by atoms with E-state index in [-0.39, 0.29) is 18.3 Å². The SMILES string of the molecule is CCCc1nc(CC)nc(-c2ccc(B3OC(C)(C)C(C)(C)O3)cc2)c1C. The smallest absolute Gasteiger partial charge is 0.399 e. The molecule has 1 aromatic carbocycles. The molecule has 1 fully saturated rings. The minimum Gasteiger partial charge on any atom is -0.399 e. The minimum absolute atomic E-state index is 0.329. The number of aromatic nitrogens is 2. The van der Waals surface area contributed by atoms with Crippen molar-refractivity contribution in [1.82, 2.24) is 9.97 Å². The highest BCUT2D eigenvalue weighted by Gasteiger charge is 2.51.